The maximum Gasteiger partial charge on any atom is 0.339 e. The third kappa shape index (κ3) is 2.98. The first-order valence-electron chi connectivity index (χ1n) is 6.20. The van der Waals surface area contributed by atoms with Crippen molar-refractivity contribution in [1.29, 1.82) is 0 Å². The summed E-state index contributed by atoms with van der Waals surface area (Å²) in [5.41, 5.74) is 3.93. The van der Waals surface area contributed by atoms with Crippen molar-refractivity contribution >= 4 is 17.3 Å². The van der Waals surface area contributed by atoms with Gasteiger partial charge in [-0.15, -0.1) is 11.3 Å². The van der Waals surface area contributed by atoms with Gasteiger partial charge in [-0.25, -0.2) is 4.79 Å². The summed E-state index contributed by atoms with van der Waals surface area (Å²) in [6.07, 6.45) is 1.78. The van der Waals surface area contributed by atoms with Crippen LogP contribution in [0, 0.1) is 0 Å². The number of rotatable bonds is 4. The Morgan fingerprint density at radius 2 is 2.21 bits per heavy atom. The normalized spacial score (nSPS) is 10.7. The van der Waals surface area contributed by atoms with E-state index in [-0.39, 0.29) is 11.9 Å². The van der Waals surface area contributed by atoms with Crippen molar-refractivity contribution in [3.05, 3.63) is 35.1 Å². The predicted octanol–water partition coefficient (Wildman–Crippen LogP) is 3.51. The molecule has 0 aliphatic rings. The fourth-order valence-electron chi connectivity index (χ4n) is 1.78. The summed E-state index contributed by atoms with van der Waals surface area (Å²) in [4.78, 5) is 21.5. The van der Waals surface area contributed by atoms with E-state index in [2.05, 4.69) is 9.97 Å². The number of aromatic nitrogens is 2. The molecule has 0 spiro atoms. The first kappa shape index (κ1) is 13.7. The van der Waals surface area contributed by atoms with E-state index < -0.39 is 0 Å². The molecule has 0 atom stereocenters. The molecule has 0 fully saturated rings. The van der Waals surface area contributed by atoms with Crippen molar-refractivity contribution in [1.82, 2.24) is 9.97 Å². The number of esters is 1. The Morgan fingerprint density at radius 3 is 2.79 bits per heavy atom. The molecule has 100 valence electrons. The van der Waals surface area contributed by atoms with Crippen molar-refractivity contribution in [2.75, 3.05) is 6.61 Å². The topological polar surface area (TPSA) is 52.1 Å². The summed E-state index contributed by atoms with van der Waals surface area (Å²) in [6, 6.07) is 3.63. The van der Waals surface area contributed by atoms with Crippen molar-refractivity contribution < 1.29 is 9.53 Å². The zero-order chi connectivity index (χ0) is 13.8. The van der Waals surface area contributed by atoms with Gasteiger partial charge < -0.3 is 4.74 Å². The molecule has 0 saturated heterocycles. The maximum absolute atomic E-state index is 11.9. The van der Waals surface area contributed by atoms with Crippen molar-refractivity contribution in [3.63, 3.8) is 0 Å². The summed E-state index contributed by atoms with van der Waals surface area (Å²) >= 11 is 1.53. The predicted molar refractivity (Wildman–Crippen MR) is 75.4 cm³/mol. The minimum atomic E-state index is -0.311. The maximum atomic E-state index is 11.9. The first-order chi connectivity index (χ1) is 9.13. The van der Waals surface area contributed by atoms with E-state index in [0.29, 0.717) is 12.2 Å². The second kappa shape index (κ2) is 5.93. The van der Waals surface area contributed by atoms with Gasteiger partial charge in [-0.2, -0.15) is 0 Å². The number of ether oxygens (including phenoxy) is 1. The van der Waals surface area contributed by atoms with Crippen LogP contribution in [-0.4, -0.2) is 22.5 Å². The van der Waals surface area contributed by atoms with Gasteiger partial charge in [-0.05, 0) is 25.0 Å². The monoisotopic (exact) mass is 276 g/mol. The van der Waals surface area contributed by atoms with Crippen LogP contribution in [0.4, 0.5) is 0 Å². The van der Waals surface area contributed by atoms with Crippen molar-refractivity contribution in [2.24, 2.45) is 0 Å². The highest BCUT2D eigenvalue weighted by Gasteiger charge is 2.17. The minimum Gasteiger partial charge on any atom is -0.462 e. The van der Waals surface area contributed by atoms with E-state index in [0.717, 1.165) is 16.3 Å². The highest BCUT2D eigenvalue weighted by molar-refractivity contribution is 7.13. The zero-order valence-electron chi connectivity index (χ0n) is 11.2. The number of carbonyl (C=O) groups is 1. The fraction of sp³-hybridized carbons (Fsp3) is 0.357. The van der Waals surface area contributed by atoms with Crippen LogP contribution < -0.4 is 0 Å². The highest BCUT2D eigenvalue weighted by Crippen LogP contribution is 2.26. The lowest BCUT2D eigenvalue weighted by Crippen LogP contribution is -2.11. The van der Waals surface area contributed by atoms with Crippen LogP contribution in [0.5, 0.6) is 0 Å². The molecule has 0 unspecified atom stereocenters. The number of pyridine rings is 1. The van der Waals surface area contributed by atoms with Crippen LogP contribution >= 0.6 is 11.3 Å². The molecule has 2 heterocycles. The summed E-state index contributed by atoms with van der Waals surface area (Å²) in [5, 5.41) is 0. The molecule has 19 heavy (non-hydrogen) atoms. The van der Waals surface area contributed by atoms with Gasteiger partial charge in [-0.1, -0.05) is 13.8 Å². The van der Waals surface area contributed by atoms with Gasteiger partial charge in [0.25, 0.3) is 0 Å². The third-order valence-electron chi connectivity index (χ3n) is 2.65. The van der Waals surface area contributed by atoms with Crippen LogP contribution in [0.15, 0.2) is 23.8 Å². The van der Waals surface area contributed by atoms with Gasteiger partial charge in [-0.3, -0.25) is 9.97 Å². The third-order valence-corrected chi connectivity index (χ3v) is 3.45. The van der Waals surface area contributed by atoms with Crippen molar-refractivity contribution in [2.45, 2.75) is 26.7 Å². The number of hydrogen-bond acceptors (Lipinski definition) is 5. The zero-order valence-corrected chi connectivity index (χ0v) is 12.0. The quantitative estimate of drug-likeness (QED) is 0.802. The lowest BCUT2D eigenvalue weighted by Gasteiger charge is -2.12. The van der Waals surface area contributed by atoms with Crippen LogP contribution in [0.25, 0.3) is 10.6 Å². The van der Waals surface area contributed by atoms with Gasteiger partial charge in [0, 0.05) is 6.20 Å². The van der Waals surface area contributed by atoms with Gasteiger partial charge in [0.15, 0.2) is 0 Å². The summed E-state index contributed by atoms with van der Waals surface area (Å²) in [6.45, 7) is 6.20. The lowest BCUT2D eigenvalue weighted by molar-refractivity contribution is 0.0524. The molecular weight excluding hydrogens is 260 g/mol. The van der Waals surface area contributed by atoms with E-state index in [9.17, 15) is 4.79 Å². The Bertz CT molecular complexity index is 565. The van der Waals surface area contributed by atoms with Crippen LogP contribution in [0.1, 0.15) is 42.7 Å². The van der Waals surface area contributed by atoms with E-state index in [4.69, 9.17) is 4.74 Å². The van der Waals surface area contributed by atoms with Crippen molar-refractivity contribution in [3.8, 4) is 10.6 Å². The van der Waals surface area contributed by atoms with Gasteiger partial charge >= 0.3 is 5.97 Å². The molecule has 5 heteroatoms. The molecule has 0 aliphatic carbocycles. The fourth-order valence-corrected chi connectivity index (χ4v) is 2.37. The molecule has 2 aromatic rings. The molecule has 2 aromatic heterocycles. The lowest BCUT2D eigenvalue weighted by atomic mass is 10.0. The molecular formula is C14H16N2O2S. The largest absolute Gasteiger partial charge is 0.462 e. The van der Waals surface area contributed by atoms with Gasteiger partial charge in [0.1, 0.15) is 0 Å². The van der Waals surface area contributed by atoms with Crippen LogP contribution in [0.3, 0.4) is 0 Å². The molecule has 0 N–H and O–H groups in total. The van der Waals surface area contributed by atoms with Gasteiger partial charge in [0.2, 0.25) is 0 Å². The molecule has 2 rings (SSSR count). The average molecular weight is 276 g/mol. The number of nitrogens with zero attached hydrogens (tertiary/aromatic N) is 2. The Balaban J connectivity index is 2.44. The van der Waals surface area contributed by atoms with E-state index >= 15 is 0 Å². The Kier molecular flexibility index (Phi) is 4.27. The number of carbonyl (C=O) groups excluding carboxylic acids is 1. The number of hydrogen-bond donors (Lipinski definition) is 0. The van der Waals surface area contributed by atoms with Crippen LogP contribution in [-0.2, 0) is 4.74 Å². The standard InChI is InChI=1S/C14H16N2O2S/c1-4-18-14(17)10-5-6-11(12-7-15-8-19-12)16-13(10)9(2)3/h5-9H,4H2,1-3H3. The highest BCUT2D eigenvalue weighted by atomic mass is 32.1. The smallest absolute Gasteiger partial charge is 0.339 e. The minimum absolute atomic E-state index is 0.160. The Labute approximate surface area is 116 Å². The Hall–Kier alpha value is -1.75. The molecule has 0 bridgehead atoms. The second-order valence-corrected chi connectivity index (χ2v) is 5.26. The van der Waals surface area contributed by atoms with E-state index in [1.807, 2.05) is 19.9 Å². The van der Waals surface area contributed by atoms with E-state index in [1.54, 1.807) is 24.7 Å². The molecule has 0 aromatic carbocycles. The SMILES string of the molecule is CCOC(=O)c1ccc(-c2cncs2)nc1C(C)C. The number of thiazole rings is 1. The van der Waals surface area contributed by atoms with E-state index in [1.165, 1.54) is 11.3 Å². The van der Waals surface area contributed by atoms with Gasteiger partial charge in [0.05, 0.1) is 33.9 Å². The Morgan fingerprint density at radius 1 is 1.42 bits per heavy atom. The molecule has 0 amide bonds. The molecule has 0 radical (unpaired) electrons. The molecule has 0 aliphatic heterocycles. The summed E-state index contributed by atoms with van der Waals surface area (Å²) in [7, 11) is 0. The molecule has 4 nitrogen and oxygen atoms in total. The molecule has 0 saturated carbocycles. The van der Waals surface area contributed by atoms with Crippen LogP contribution in [0.2, 0.25) is 0 Å². The second-order valence-electron chi connectivity index (χ2n) is 4.37. The average Bonchev–Trinajstić information content (AvgIpc) is 2.92. The summed E-state index contributed by atoms with van der Waals surface area (Å²) in [5.74, 6) is -0.151. The summed E-state index contributed by atoms with van der Waals surface area (Å²) < 4.78 is 5.06. The first-order valence-corrected chi connectivity index (χ1v) is 7.08.